The first-order valence-corrected chi connectivity index (χ1v) is 8.32. The van der Waals surface area contributed by atoms with Gasteiger partial charge in [0.2, 0.25) is 5.56 Å². The fourth-order valence-corrected chi connectivity index (χ4v) is 2.69. The summed E-state index contributed by atoms with van der Waals surface area (Å²) < 4.78 is 18.2. The minimum absolute atomic E-state index is 0.0162. The van der Waals surface area contributed by atoms with Crippen molar-refractivity contribution in [1.29, 1.82) is 0 Å². The normalized spacial score (nSPS) is 11.8. The average Bonchev–Trinajstić information content (AvgIpc) is 2.63. The third-order valence-corrected chi connectivity index (χ3v) is 4.13. The molecule has 0 unspecified atom stereocenters. The second-order valence-electron chi connectivity index (χ2n) is 5.75. The van der Waals surface area contributed by atoms with E-state index in [9.17, 15) is 18.8 Å². The molecule has 1 amide bonds. The third kappa shape index (κ3) is 4.15. The summed E-state index contributed by atoms with van der Waals surface area (Å²) in [4.78, 5) is 39.1. The first-order valence-electron chi connectivity index (χ1n) is 7.94. The zero-order chi connectivity index (χ0) is 19.6. The van der Waals surface area contributed by atoms with Crippen molar-refractivity contribution in [3.8, 4) is 0 Å². The summed E-state index contributed by atoms with van der Waals surface area (Å²) in [6, 6.07) is 11.3. The maximum absolute atomic E-state index is 13.1. The van der Waals surface area contributed by atoms with Crippen LogP contribution in [0.5, 0.6) is 0 Å². The number of ether oxygens (including phenoxy) is 1. The van der Waals surface area contributed by atoms with E-state index in [0.29, 0.717) is 10.9 Å². The van der Waals surface area contributed by atoms with Crippen LogP contribution in [0.4, 0.5) is 10.1 Å². The number of aromatic amines is 1. The summed E-state index contributed by atoms with van der Waals surface area (Å²) in [7, 11) is 0. The molecule has 0 spiro atoms. The second-order valence-corrected chi connectivity index (χ2v) is 6.16. The van der Waals surface area contributed by atoms with Gasteiger partial charge in [0.15, 0.2) is 6.10 Å². The van der Waals surface area contributed by atoms with Crippen molar-refractivity contribution in [2.45, 2.75) is 13.0 Å². The summed E-state index contributed by atoms with van der Waals surface area (Å²) in [5.74, 6) is -2.00. The van der Waals surface area contributed by atoms with E-state index in [1.54, 1.807) is 24.3 Å². The molecule has 0 saturated carbocycles. The number of nitrogens with one attached hydrogen (secondary N) is 2. The lowest BCUT2D eigenvalue weighted by Crippen LogP contribution is -2.30. The van der Waals surface area contributed by atoms with E-state index in [1.165, 1.54) is 13.0 Å². The number of carbonyl (C=O) groups excluding carboxylic acids is 2. The molecular formula is C19H14ClFN2O4. The van der Waals surface area contributed by atoms with Gasteiger partial charge in [-0.1, -0.05) is 29.8 Å². The van der Waals surface area contributed by atoms with Gasteiger partial charge >= 0.3 is 5.97 Å². The quantitative estimate of drug-likeness (QED) is 0.669. The summed E-state index contributed by atoms with van der Waals surface area (Å²) in [5.41, 5.74) is 0.254. The number of hydrogen-bond donors (Lipinski definition) is 2. The molecule has 1 atom stereocenters. The molecule has 0 saturated heterocycles. The predicted octanol–water partition coefficient (Wildman–Crippen LogP) is 3.50. The van der Waals surface area contributed by atoms with Gasteiger partial charge in [0.1, 0.15) is 5.82 Å². The number of aromatic nitrogens is 1. The van der Waals surface area contributed by atoms with Crippen molar-refractivity contribution < 1.29 is 18.7 Å². The highest BCUT2D eigenvalue weighted by atomic mass is 35.5. The van der Waals surface area contributed by atoms with Crippen LogP contribution in [0.2, 0.25) is 5.02 Å². The number of carbonyl (C=O) groups is 2. The molecule has 3 aromatic rings. The molecule has 1 aromatic heterocycles. The molecular weight excluding hydrogens is 375 g/mol. The number of rotatable bonds is 4. The zero-order valence-electron chi connectivity index (χ0n) is 14.1. The number of hydrogen-bond acceptors (Lipinski definition) is 4. The van der Waals surface area contributed by atoms with Crippen LogP contribution in [0.15, 0.2) is 53.3 Å². The van der Waals surface area contributed by atoms with Crippen LogP contribution in [0.25, 0.3) is 10.9 Å². The number of para-hydroxylation sites is 1. The Bertz CT molecular complexity index is 1100. The maximum Gasteiger partial charge on any atom is 0.339 e. The highest BCUT2D eigenvalue weighted by Gasteiger charge is 2.21. The second kappa shape index (κ2) is 7.59. The summed E-state index contributed by atoms with van der Waals surface area (Å²) in [6.07, 6.45) is -1.17. The highest BCUT2D eigenvalue weighted by Crippen LogP contribution is 2.23. The van der Waals surface area contributed by atoms with Crippen LogP contribution >= 0.6 is 11.6 Å². The van der Waals surface area contributed by atoms with Gasteiger partial charge in [-0.2, -0.15) is 0 Å². The minimum atomic E-state index is -1.17. The lowest BCUT2D eigenvalue weighted by Gasteiger charge is -2.15. The molecule has 2 aromatic carbocycles. The molecule has 0 fully saturated rings. The first kappa shape index (κ1) is 18.6. The fraction of sp³-hybridized carbons (Fsp3) is 0.105. The first-order chi connectivity index (χ1) is 12.8. The van der Waals surface area contributed by atoms with E-state index >= 15 is 0 Å². The number of pyridine rings is 1. The van der Waals surface area contributed by atoms with Crippen LogP contribution in [0, 0.1) is 5.82 Å². The van der Waals surface area contributed by atoms with Crippen molar-refractivity contribution in [3.63, 3.8) is 0 Å². The molecule has 6 nitrogen and oxygen atoms in total. The summed E-state index contributed by atoms with van der Waals surface area (Å²) in [6.45, 7) is 1.38. The van der Waals surface area contributed by atoms with Gasteiger partial charge in [-0.15, -0.1) is 0 Å². The number of esters is 1. The number of benzene rings is 2. The van der Waals surface area contributed by atoms with Crippen molar-refractivity contribution in [1.82, 2.24) is 4.98 Å². The zero-order valence-corrected chi connectivity index (χ0v) is 14.8. The van der Waals surface area contributed by atoms with E-state index in [0.717, 1.165) is 18.2 Å². The third-order valence-electron chi connectivity index (χ3n) is 3.81. The molecule has 27 heavy (non-hydrogen) atoms. The Morgan fingerprint density at radius 2 is 1.93 bits per heavy atom. The topological polar surface area (TPSA) is 88.3 Å². The fourth-order valence-electron chi connectivity index (χ4n) is 2.48. The molecule has 3 rings (SSSR count). The molecule has 2 N–H and O–H groups in total. The Labute approximate surface area is 157 Å². The maximum atomic E-state index is 13.1. The van der Waals surface area contributed by atoms with E-state index in [2.05, 4.69) is 10.3 Å². The average molecular weight is 389 g/mol. The summed E-state index contributed by atoms with van der Waals surface area (Å²) in [5, 5.41) is 2.97. The number of H-pyrrole nitrogens is 1. The van der Waals surface area contributed by atoms with Crippen molar-refractivity contribution in [3.05, 3.63) is 75.3 Å². The predicted molar refractivity (Wildman–Crippen MR) is 99.5 cm³/mol. The van der Waals surface area contributed by atoms with E-state index in [4.69, 9.17) is 16.3 Å². The number of anilines is 1. The van der Waals surface area contributed by atoms with E-state index in [1.807, 2.05) is 0 Å². The standard InChI is InChI=1S/C19H14ClFN2O4/c1-10(18(25)23-16-7-6-11(21)8-14(16)20)27-19(26)13-9-17(24)22-15-5-3-2-4-12(13)15/h2-10H,1H3,(H,22,24)(H,23,25)/t10-/m0/s1. The van der Waals surface area contributed by atoms with Gasteiger partial charge in [-0.05, 0) is 31.2 Å². The van der Waals surface area contributed by atoms with Gasteiger partial charge in [-0.3, -0.25) is 9.59 Å². The van der Waals surface area contributed by atoms with Gasteiger partial charge in [0.05, 0.1) is 16.3 Å². The lowest BCUT2D eigenvalue weighted by molar-refractivity contribution is -0.123. The monoisotopic (exact) mass is 388 g/mol. The largest absolute Gasteiger partial charge is 0.449 e. The van der Waals surface area contributed by atoms with Crippen LogP contribution < -0.4 is 10.9 Å². The van der Waals surface area contributed by atoms with Crippen LogP contribution in [0.1, 0.15) is 17.3 Å². The van der Waals surface area contributed by atoms with Crippen LogP contribution in [-0.4, -0.2) is 23.0 Å². The number of amides is 1. The number of fused-ring (bicyclic) bond motifs is 1. The Morgan fingerprint density at radius 1 is 1.19 bits per heavy atom. The lowest BCUT2D eigenvalue weighted by atomic mass is 10.1. The Hall–Kier alpha value is -3.19. The van der Waals surface area contributed by atoms with Gasteiger partial charge < -0.3 is 15.0 Å². The van der Waals surface area contributed by atoms with Crippen molar-refractivity contribution in [2.24, 2.45) is 0 Å². The van der Waals surface area contributed by atoms with E-state index < -0.39 is 29.4 Å². The molecule has 1 heterocycles. The van der Waals surface area contributed by atoms with Gasteiger partial charge in [-0.25, -0.2) is 9.18 Å². The molecule has 0 radical (unpaired) electrons. The Kier molecular flexibility index (Phi) is 5.23. The number of halogens is 2. The van der Waals surface area contributed by atoms with Crippen molar-refractivity contribution >= 4 is 40.1 Å². The molecule has 0 aliphatic carbocycles. The molecule has 0 aliphatic rings. The van der Waals surface area contributed by atoms with Crippen molar-refractivity contribution in [2.75, 3.05) is 5.32 Å². The SMILES string of the molecule is C[C@H](OC(=O)c1cc(=O)[nH]c2ccccc12)C(=O)Nc1ccc(F)cc1Cl. The Morgan fingerprint density at radius 3 is 2.67 bits per heavy atom. The minimum Gasteiger partial charge on any atom is -0.449 e. The van der Waals surface area contributed by atoms with Gasteiger partial charge in [0, 0.05) is 17.0 Å². The smallest absolute Gasteiger partial charge is 0.339 e. The van der Waals surface area contributed by atoms with Crippen LogP contribution in [-0.2, 0) is 9.53 Å². The molecule has 0 aliphatic heterocycles. The van der Waals surface area contributed by atoms with E-state index in [-0.39, 0.29) is 16.3 Å². The summed E-state index contributed by atoms with van der Waals surface area (Å²) >= 11 is 5.86. The molecule has 0 bridgehead atoms. The van der Waals surface area contributed by atoms with Crippen LogP contribution in [0.3, 0.4) is 0 Å². The highest BCUT2D eigenvalue weighted by molar-refractivity contribution is 6.33. The molecule has 138 valence electrons. The Balaban J connectivity index is 1.78. The van der Waals surface area contributed by atoms with Gasteiger partial charge in [0.25, 0.3) is 5.91 Å². The molecule has 8 heteroatoms.